The number of methoxy groups -OCH3 is 1. The fourth-order valence-corrected chi connectivity index (χ4v) is 1.96. The van der Waals surface area contributed by atoms with Gasteiger partial charge in [0.15, 0.2) is 11.5 Å². The van der Waals surface area contributed by atoms with Crippen LogP contribution in [-0.2, 0) is 0 Å². The van der Waals surface area contributed by atoms with Crippen LogP contribution in [0.25, 0.3) is 0 Å². The zero-order valence-corrected chi connectivity index (χ0v) is 11.9. The summed E-state index contributed by atoms with van der Waals surface area (Å²) in [6.45, 7) is 0. The van der Waals surface area contributed by atoms with Crippen LogP contribution in [0.5, 0.6) is 11.5 Å². The molecule has 0 saturated heterocycles. The van der Waals surface area contributed by atoms with Crippen molar-refractivity contribution in [3.05, 3.63) is 58.1 Å². The van der Waals surface area contributed by atoms with E-state index in [4.69, 9.17) is 26.3 Å². The average molecular weight is 324 g/mol. The Balaban J connectivity index is 2.38. The van der Waals surface area contributed by atoms with E-state index in [1.54, 1.807) is 0 Å². The highest BCUT2D eigenvalue weighted by Gasteiger charge is 2.18. The van der Waals surface area contributed by atoms with Crippen molar-refractivity contribution in [2.75, 3.05) is 7.11 Å². The molecule has 2 aromatic rings. The molecule has 0 spiro atoms. The van der Waals surface area contributed by atoms with Crippen LogP contribution in [0, 0.1) is 23.0 Å². The Labute approximate surface area is 129 Å². The van der Waals surface area contributed by atoms with Crippen molar-refractivity contribution in [2.45, 2.75) is 0 Å². The number of esters is 1. The van der Waals surface area contributed by atoms with Crippen LogP contribution in [0.3, 0.4) is 0 Å². The highest BCUT2D eigenvalue weighted by molar-refractivity contribution is 6.32. The molecule has 0 aliphatic heterocycles. The normalized spacial score (nSPS) is 9.95. The van der Waals surface area contributed by atoms with Crippen molar-refractivity contribution >= 4 is 17.6 Å². The minimum atomic E-state index is -1.01. The predicted molar refractivity (Wildman–Crippen MR) is 74.0 cm³/mol. The third kappa shape index (κ3) is 3.32. The first-order valence-electron chi connectivity index (χ1n) is 5.90. The van der Waals surface area contributed by atoms with Crippen molar-refractivity contribution in [1.82, 2.24) is 0 Å². The summed E-state index contributed by atoms with van der Waals surface area (Å²) in [6.07, 6.45) is 0. The number of nitriles is 1. The lowest BCUT2D eigenvalue weighted by atomic mass is 10.2. The van der Waals surface area contributed by atoms with Crippen LogP contribution in [-0.4, -0.2) is 13.1 Å². The molecule has 112 valence electrons. The van der Waals surface area contributed by atoms with Crippen molar-refractivity contribution in [1.29, 1.82) is 5.26 Å². The summed E-state index contributed by atoms with van der Waals surface area (Å²) < 4.78 is 36.2. The molecular weight excluding hydrogens is 316 g/mol. The number of carbonyl (C=O) groups excluding carboxylic acids is 1. The highest BCUT2D eigenvalue weighted by atomic mass is 35.5. The monoisotopic (exact) mass is 323 g/mol. The Morgan fingerprint density at radius 1 is 1.18 bits per heavy atom. The minimum absolute atomic E-state index is 0.0406. The number of rotatable bonds is 3. The Hall–Kier alpha value is -2.65. The third-order valence-electron chi connectivity index (χ3n) is 2.65. The first-order chi connectivity index (χ1) is 10.4. The Morgan fingerprint density at radius 2 is 1.82 bits per heavy atom. The van der Waals surface area contributed by atoms with Crippen LogP contribution >= 0.6 is 11.6 Å². The van der Waals surface area contributed by atoms with Gasteiger partial charge >= 0.3 is 5.97 Å². The van der Waals surface area contributed by atoms with Gasteiger partial charge in [0.05, 0.1) is 29.3 Å². The molecule has 0 N–H and O–H groups in total. The molecule has 2 rings (SSSR count). The molecule has 2 aromatic carbocycles. The number of hydrogen-bond donors (Lipinski definition) is 0. The predicted octanol–water partition coefficient (Wildman–Crippen LogP) is 3.72. The molecule has 0 unspecified atom stereocenters. The molecule has 0 fully saturated rings. The summed E-state index contributed by atoms with van der Waals surface area (Å²) in [4.78, 5) is 12.0. The van der Waals surface area contributed by atoms with E-state index in [0.717, 1.165) is 12.1 Å². The zero-order valence-electron chi connectivity index (χ0n) is 11.2. The molecule has 4 nitrogen and oxygen atoms in total. The van der Waals surface area contributed by atoms with Crippen molar-refractivity contribution in [3.63, 3.8) is 0 Å². The van der Waals surface area contributed by atoms with Gasteiger partial charge in [-0.05, 0) is 18.2 Å². The lowest BCUT2D eigenvalue weighted by molar-refractivity contribution is 0.0728. The van der Waals surface area contributed by atoms with E-state index < -0.39 is 17.6 Å². The van der Waals surface area contributed by atoms with Gasteiger partial charge < -0.3 is 9.47 Å². The first kappa shape index (κ1) is 15.7. The Bertz CT molecular complexity index is 767. The molecule has 0 amide bonds. The van der Waals surface area contributed by atoms with Gasteiger partial charge in [0.2, 0.25) is 0 Å². The van der Waals surface area contributed by atoms with Gasteiger partial charge in [-0.1, -0.05) is 11.6 Å². The van der Waals surface area contributed by atoms with Crippen LogP contribution in [0.2, 0.25) is 5.02 Å². The maximum Gasteiger partial charge on any atom is 0.343 e. The fraction of sp³-hybridized carbons (Fsp3) is 0.0667. The quantitative estimate of drug-likeness (QED) is 0.638. The maximum absolute atomic E-state index is 13.1. The van der Waals surface area contributed by atoms with Crippen molar-refractivity contribution in [3.8, 4) is 17.6 Å². The number of ether oxygens (including phenoxy) is 2. The van der Waals surface area contributed by atoms with E-state index in [9.17, 15) is 13.6 Å². The summed E-state index contributed by atoms with van der Waals surface area (Å²) in [7, 11) is 1.30. The summed E-state index contributed by atoms with van der Waals surface area (Å²) in [5.41, 5.74) is -0.113. The van der Waals surface area contributed by atoms with Crippen molar-refractivity contribution in [2.24, 2.45) is 0 Å². The molecule has 0 radical (unpaired) electrons. The second kappa shape index (κ2) is 6.41. The van der Waals surface area contributed by atoms with Crippen LogP contribution in [0.1, 0.15) is 15.9 Å². The third-order valence-corrected chi connectivity index (χ3v) is 2.93. The largest absolute Gasteiger partial charge is 0.493 e. The van der Waals surface area contributed by atoms with E-state index in [0.29, 0.717) is 6.07 Å². The molecule has 0 atom stereocenters. The lowest BCUT2D eigenvalue weighted by Crippen LogP contribution is -2.10. The van der Waals surface area contributed by atoms with Crippen LogP contribution < -0.4 is 9.47 Å². The number of benzene rings is 2. The maximum atomic E-state index is 13.1. The molecule has 0 aromatic heterocycles. The molecule has 0 bridgehead atoms. The van der Waals surface area contributed by atoms with Gasteiger partial charge in [0, 0.05) is 12.1 Å². The molecule has 7 heteroatoms. The number of halogens is 3. The van der Waals surface area contributed by atoms with Crippen LogP contribution in [0.15, 0.2) is 30.3 Å². The molecule has 22 heavy (non-hydrogen) atoms. The topological polar surface area (TPSA) is 59.3 Å². The summed E-state index contributed by atoms with van der Waals surface area (Å²) in [5.74, 6) is -2.93. The molecule has 0 heterocycles. The Kier molecular flexibility index (Phi) is 4.59. The number of nitrogens with zero attached hydrogens (tertiary/aromatic N) is 1. The molecular formula is C15H8ClF2NO3. The van der Waals surface area contributed by atoms with E-state index in [1.165, 1.54) is 19.2 Å². The first-order valence-corrected chi connectivity index (χ1v) is 6.28. The summed E-state index contributed by atoms with van der Waals surface area (Å²) in [5, 5.41) is 8.80. The molecule has 0 aliphatic rings. The van der Waals surface area contributed by atoms with Gasteiger partial charge in [0.25, 0.3) is 0 Å². The number of hydrogen-bond acceptors (Lipinski definition) is 4. The van der Waals surface area contributed by atoms with Gasteiger partial charge in [0.1, 0.15) is 11.6 Å². The average Bonchev–Trinajstić information content (AvgIpc) is 2.47. The SMILES string of the molecule is COc1cc(C#N)cc(Cl)c1OC(=O)c1cc(F)cc(F)c1. The second-order valence-electron chi connectivity index (χ2n) is 4.15. The van der Waals surface area contributed by atoms with Gasteiger partial charge in [-0.15, -0.1) is 0 Å². The molecule has 0 aliphatic carbocycles. The lowest BCUT2D eigenvalue weighted by Gasteiger charge is -2.11. The van der Waals surface area contributed by atoms with E-state index in [2.05, 4.69) is 0 Å². The second-order valence-corrected chi connectivity index (χ2v) is 4.56. The van der Waals surface area contributed by atoms with E-state index in [1.807, 2.05) is 6.07 Å². The number of carbonyl (C=O) groups is 1. The summed E-state index contributed by atoms with van der Waals surface area (Å²) >= 11 is 5.93. The standard InChI is InChI=1S/C15H8ClF2NO3/c1-21-13-3-8(7-19)2-12(16)14(13)22-15(20)9-4-10(17)6-11(18)5-9/h2-6H,1H3. The smallest absolute Gasteiger partial charge is 0.343 e. The van der Waals surface area contributed by atoms with Crippen LogP contribution in [0.4, 0.5) is 8.78 Å². The zero-order chi connectivity index (χ0) is 16.3. The molecule has 0 saturated carbocycles. The summed E-state index contributed by atoms with van der Waals surface area (Å²) in [6, 6.07) is 6.75. The minimum Gasteiger partial charge on any atom is -0.493 e. The van der Waals surface area contributed by atoms with E-state index in [-0.39, 0.29) is 27.6 Å². The van der Waals surface area contributed by atoms with Gasteiger partial charge in [-0.25, -0.2) is 13.6 Å². The van der Waals surface area contributed by atoms with Gasteiger partial charge in [-0.3, -0.25) is 0 Å². The fourth-order valence-electron chi connectivity index (χ4n) is 1.71. The van der Waals surface area contributed by atoms with Crippen molar-refractivity contribution < 1.29 is 23.0 Å². The van der Waals surface area contributed by atoms with E-state index >= 15 is 0 Å². The Morgan fingerprint density at radius 3 is 2.36 bits per heavy atom. The van der Waals surface area contributed by atoms with Gasteiger partial charge in [-0.2, -0.15) is 5.26 Å². The highest BCUT2D eigenvalue weighted by Crippen LogP contribution is 2.36.